The van der Waals surface area contributed by atoms with Crippen molar-refractivity contribution < 1.29 is 8.78 Å². The summed E-state index contributed by atoms with van der Waals surface area (Å²) in [6.07, 6.45) is 0.434. The molecule has 108 valence electrons. The van der Waals surface area contributed by atoms with Gasteiger partial charge in [-0.1, -0.05) is 11.6 Å². The molecule has 0 saturated heterocycles. The van der Waals surface area contributed by atoms with Crippen molar-refractivity contribution in [2.45, 2.75) is 6.42 Å². The first kappa shape index (κ1) is 14.3. The molecule has 0 aliphatic rings. The van der Waals surface area contributed by atoms with Gasteiger partial charge < -0.3 is 0 Å². The number of aryl methyl sites for hydroxylation is 1. The van der Waals surface area contributed by atoms with E-state index in [0.717, 1.165) is 18.2 Å². The van der Waals surface area contributed by atoms with Crippen molar-refractivity contribution in [3.05, 3.63) is 58.9 Å². The average Bonchev–Trinajstić information content (AvgIpc) is 2.79. The second-order valence-electron chi connectivity index (χ2n) is 4.53. The van der Waals surface area contributed by atoms with Gasteiger partial charge in [-0.2, -0.15) is 0 Å². The largest absolute Gasteiger partial charge is 0.293 e. The fourth-order valence-corrected chi connectivity index (χ4v) is 2.61. The summed E-state index contributed by atoms with van der Waals surface area (Å²) >= 11 is 11.8. The molecular formula is C15H10Cl2F2N2. The quantitative estimate of drug-likeness (QED) is 0.636. The van der Waals surface area contributed by atoms with Crippen LogP contribution in [-0.2, 0) is 6.42 Å². The third kappa shape index (κ3) is 2.61. The lowest BCUT2D eigenvalue weighted by Crippen LogP contribution is -2.05. The number of hydrogen-bond acceptors (Lipinski definition) is 1. The topological polar surface area (TPSA) is 17.8 Å². The number of imidazole rings is 1. The highest BCUT2D eigenvalue weighted by Crippen LogP contribution is 2.26. The number of rotatable bonds is 3. The molecule has 0 aliphatic carbocycles. The summed E-state index contributed by atoms with van der Waals surface area (Å²) in [6.45, 7) is 0. The van der Waals surface area contributed by atoms with Gasteiger partial charge in [0, 0.05) is 23.4 Å². The molecule has 1 aromatic heterocycles. The van der Waals surface area contributed by atoms with Crippen LogP contribution < -0.4 is 0 Å². The molecule has 3 rings (SSSR count). The predicted molar refractivity (Wildman–Crippen MR) is 80.4 cm³/mol. The van der Waals surface area contributed by atoms with E-state index in [2.05, 4.69) is 4.98 Å². The molecule has 2 aromatic carbocycles. The first-order chi connectivity index (χ1) is 10.1. The number of aromatic nitrogens is 2. The van der Waals surface area contributed by atoms with Crippen LogP contribution in [0.1, 0.15) is 5.82 Å². The summed E-state index contributed by atoms with van der Waals surface area (Å²) in [7, 11) is 0. The summed E-state index contributed by atoms with van der Waals surface area (Å²) in [5, 5.41) is 0.498. The molecular weight excluding hydrogens is 317 g/mol. The molecule has 0 aliphatic heterocycles. The maximum atomic E-state index is 14.1. The SMILES string of the molecule is Fc1ccc(F)c(-n2c(CCCl)nc3ccc(Cl)cc32)c1. The number of nitrogens with zero attached hydrogens (tertiary/aromatic N) is 2. The summed E-state index contributed by atoms with van der Waals surface area (Å²) in [5.41, 5.74) is 1.37. The number of halogens is 4. The summed E-state index contributed by atoms with van der Waals surface area (Å²) in [4.78, 5) is 4.42. The highest BCUT2D eigenvalue weighted by atomic mass is 35.5. The average molecular weight is 327 g/mol. The molecule has 0 radical (unpaired) electrons. The van der Waals surface area contributed by atoms with Crippen LogP contribution in [-0.4, -0.2) is 15.4 Å². The lowest BCUT2D eigenvalue weighted by atomic mass is 10.2. The highest BCUT2D eigenvalue weighted by molar-refractivity contribution is 6.31. The fourth-order valence-electron chi connectivity index (χ4n) is 2.28. The number of fused-ring (bicyclic) bond motifs is 1. The molecule has 0 saturated carbocycles. The van der Waals surface area contributed by atoms with Crippen molar-refractivity contribution in [1.82, 2.24) is 9.55 Å². The molecule has 21 heavy (non-hydrogen) atoms. The van der Waals surface area contributed by atoms with Crippen molar-refractivity contribution in [1.29, 1.82) is 0 Å². The van der Waals surface area contributed by atoms with Crippen molar-refractivity contribution in [3.63, 3.8) is 0 Å². The maximum Gasteiger partial charge on any atom is 0.147 e. The fraction of sp³-hybridized carbons (Fsp3) is 0.133. The predicted octanol–water partition coefficient (Wildman–Crippen LogP) is 4.74. The van der Waals surface area contributed by atoms with Crippen LogP contribution in [0.15, 0.2) is 36.4 Å². The third-order valence-corrected chi connectivity index (χ3v) is 3.58. The molecule has 0 unspecified atom stereocenters. The Hall–Kier alpha value is -1.65. The van der Waals surface area contributed by atoms with Gasteiger partial charge in [-0.3, -0.25) is 4.57 Å². The van der Waals surface area contributed by atoms with Gasteiger partial charge in [0.05, 0.1) is 16.7 Å². The molecule has 0 atom stereocenters. The lowest BCUT2D eigenvalue weighted by molar-refractivity contribution is 0.592. The Morgan fingerprint density at radius 2 is 1.90 bits per heavy atom. The van der Waals surface area contributed by atoms with Gasteiger partial charge in [-0.15, -0.1) is 11.6 Å². The van der Waals surface area contributed by atoms with Gasteiger partial charge in [0.15, 0.2) is 0 Å². The minimum Gasteiger partial charge on any atom is -0.293 e. The molecule has 1 heterocycles. The van der Waals surface area contributed by atoms with E-state index >= 15 is 0 Å². The number of hydrogen-bond donors (Lipinski definition) is 0. The first-order valence-electron chi connectivity index (χ1n) is 6.28. The van der Waals surface area contributed by atoms with Crippen LogP contribution >= 0.6 is 23.2 Å². The van der Waals surface area contributed by atoms with E-state index < -0.39 is 11.6 Å². The van der Waals surface area contributed by atoms with Crippen molar-refractivity contribution in [3.8, 4) is 5.69 Å². The zero-order valence-electron chi connectivity index (χ0n) is 10.8. The summed E-state index contributed by atoms with van der Waals surface area (Å²) < 4.78 is 29.1. The van der Waals surface area contributed by atoms with Crippen molar-refractivity contribution in [2.24, 2.45) is 0 Å². The van der Waals surface area contributed by atoms with Gasteiger partial charge in [0.25, 0.3) is 0 Å². The second-order valence-corrected chi connectivity index (χ2v) is 5.35. The minimum atomic E-state index is -0.536. The Kier molecular flexibility index (Phi) is 3.83. The van der Waals surface area contributed by atoms with E-state index in [9.17, 15) is 8.78 Å². The number of benzene rings is 2. The van der Waals surface area contributed by atoms with Crippen LogP contribution in [0.25, 0.3) is 16.7 Å². The third-order valence-electron chi connectivity index (χ3n) is 3.15. The molecule has 0 N–H and O–H groups in total. The van der Waals surface area contributed by atoms with E-state index in [4.69, 9.17) is 23.2 Å². The molecule has 0 bridgehead atoms. The van der Waals surface area contributed by atoms with E-state index in [1.165, 1.54) is 0 Å². The van der Waals surface area contributed by atoms with E-state index in [1.807, 2.05) is 0 Å². The van der Waals surface area contributed by atoms with Gasteiger partial charge in [-0.05, 0) is 30.3 Å². The monoisotopic (exact) mass is 326 g/mol. The van der Waals surface area contributed by atoms with Crippen molar-refractivity contribution >= 4 is 34.2 Å². The van der Waals surface area contributed by atoms with Gasteiger partial charge >= 0.3 is 0 Å². The summed E-state index contributed by atoms with van der Waals surface area (Å²) in [5.74, 6) is -0.168. The smallest absolute Gasteiger partial charge is 0.147 e. The van der Waals surface area contributed by atoms with E-state index in [0.29, 0.717) is 34.2 Å². The van der Waals surface area contributed by atoms with Crippen LogP contribution in [0.3, 0.4) is 0 Å². The van der Waals surface area contributed by atoms with Gasteiger partial charge in [0.2, 0.25) is 0 Å². The standard InChI is InChI=1S/C15H10Cl2F2N2/c16-6-5-15-20-12-4-1-9(17)7-14(12)21(15)13-8-10(18)2-3-11(13)19/h1-4,7-8H,5-6H2. The minimum absolute atomic E-state index is 0.0971. The highest BCUT2D eigenvalue weighted by Gasteiger charge is 2.16. The maximum absolute atomic E-state index is 14.1. The molecule has 3 aromatic rings. The zero-order valence-corrected chi connectivity index (χ0v) is 12.3. The Morgan fingerprint density at radius 3 is 2.67 bits per heavy atom. The van der Waals surface area contributed by atoms with E-state index in [-0.39, 0.29) is 5.69 Å². The van der Waals surface area contributed by atoms with Crippen LogP contribution in [0.4, 0.5) is 8.78 Å². The molecule has 0 amide bonds. The normalized spacial score (nSPS) is 11.2. The zero-order chi connectivity index (χ0) is 15.0. The molecule has 0 fully saturated rings. The van der Waals surface area contributed by atoms with Gasteiger partial charge in [-0.25, -0.2) is 13.8 Å². The summed E-state index contributed by atoms with van der Waals surface area (Å²) in [6, 6.07) is 8.41. The molecule has 0 spiro atoms. The molecule has 2 nitrogen and oxygen atoms in total. The lowest BCUT2D eigenvalue weighted by Gasteiger charge is -2.10. The van der Waals surface area contributed by atoms with E-state index in [1.54, 1.807) is 22.8 Å². The van der Waals surface area contributed by atoms with Crippen LogP contribution in [0.2, 0.25) is 5.02 Å². The van der Waals surface area contributed by atoms with Crippen LogP contribution in [0.5, 0.6) is 0 Å². The van der Waals surface area contributed by atoms with Gasteiger partial charge in [0.1, 0.15) is 17.5 Å². The Bertz CT molecular complexity index is 815. The second kappa shape index (κ2) is 5.62. The van der Waals surface area contributed by atoms with Crippen molar-refractivity contribution in [2.75, 3.05) is 5.88 Å². The first-order valence-corrected chi connectivity index (χ1v) is 7.19. The van der Waals surface area contributed by atoms with Crippen LogP contribution in [0, 0.1) is 11.6 Å². The number of alkyl halides is 1. The Balaban J connectivity index is 2.35. The molecule has 6 heteroatoms. The Morgan fingerprint density at radius 1 is 1.10 bits per heavy atom. The Labute approximate surface area is 129 Å².